The minimum Gasteiger partial charge on any atom is -0.479 e. The molecule has 6 atom stereocenters. The van der Waals surface area contributed by atoms with E-state index >= 15 is 0 Å². The number of carboxylic acids is 1. The minimum atomic E-state index is -1.92. The zero-order chi connectivity index (χ0) is 50.4. The van der Waals surface area contributed by atoms with Gasteiger partial charge in [-0.1, -0.05) is 223 Å². The van der Waals surface area contributed by atoms with Gasteiger partial charge in [-0.05, 0) is 44.9 Å². The van der Waals surface area contributed by atoms with Gasteiger partial charge in [-0.25, -0.2) is 4.79 Å². The van der Waals surface area contributed by atoms with Crippen molar-refractivity contribution in [2.24, 2.45) is 0 Å². The number of hydrogen-bond donors (Lipinski definition) is 3. The first-order valence-corrected chi connectivity index (χ1v) is 27.6. The van der Waals surface area contributed by atoms with Crippen molar-refractivity contribution in [3.8, 4) is 0 Å². The monoisotopic (exact) mass is 975 g/mol. The van der Waals surface area contributed by atoms with E-state index in [0.29, 0.717) is 25.7 Å². The maximum Gasteiger partial charge on any atom is 0.335 e. The lowest BCUT2D eigenvalue weighted by atomic mass is 9.98. The Labute approximate surface area is 418 Å². The third-order valence-electron chi connectivity index (χ3n) is 12.4. The van der Waals surface area contributed by atoms with Crippen LogP contribution in [0.15, 0.2) is 48.6 Å². The second-order valence-electron chi connectivity index (χ2n) is 18.9. The van der Waals surface area contributed by atoms with E-state index in [9.17, 15) is 34.5 Å². The number of aliphatic hydroxyl groups is 2. The first kappa shape index (κ1) is 63.7. The maximum absolute atomic E-state index is 13.0. The average molecular weight is 975 g/mol. The average Bonchev–Trinajstić information content (AvgIpc) is 3.33. The van der Waals surface area contributed by atoms with E-state index in [0.717, 1.165) is 57.8 Å². The third-order valence-corrected chi connectivity index (χ3v) is 12.4. The molecule has 6 unspecified atom stereocenters. The van der Waals surface area contributed by atoms with Crippen LogP contribution in [-0.4, -0.2) is 89.2 Å². The highest BCUT2D eigenvalue weighted by molar-refractivity contribution is 5.74. The second-order valence-corrected chi connectivity index (χ2v) is 18.9. The summed E-state index contributed by atoms with van der Waals surface area (Å²) in [4.78, 5) is 50.8. The van der Waals surface area contributed by atoms with Crippen molar-refractivity contribution in [3.05, 3.63) is 48.6 Å². The minimum absolute atomic E-state index is 0.0584. The summed E-state index contributed by atoms with van der Waals surface area (Å²) < 4.78 is 28.2. The van der Waals surface area contributed by atoms with Crippen LogP contribution < -0.4 is 0 Å². The summed E-state index contributed by atoms with van der Waals surface area (Å²) in [7, 11) is 0. The molecule has 398 valence electrons. The van der Waals surface area contributed by atoms with Crippen molar-refractivity contribution in [3.63, 3.8) is 0 Å². The Kier molecular flexibility index (Phi) is 42.3. The summed E-state index contributed by atoms with van der Waals surface area (Å²) in [5.41, 5.74) is 0. The van der Waals surface area contributed by atoms with E-state index in [2.05, 4.69) is 51.2 Å². The van der Waals surface area contributed by atoms with Crippen LogP contribution in [0, 0.1) is 0 Å². The predicted molar refractivity (Wildman–Crippen MR) is 276 cm³/mol. The zero-order valence-electron chi connectivity index (χ0n) is 43.6. The van der Waals surface area contributed by atoms with Crippen LogP contribution >= 0.6 is 0 Å². The molecule has 0 radical (unpaired) electrons. The van der Waals surface area contributed by atoms with E-state index in [4.69, 9.17) is 23.7 Å². The number of unbranched alkanes of at least 4 members (excludes halogenated alkanes) is 24. The van der Waals surface area contributed by atoms with Crippen molar-refractivity contribution in [2.45, 2.75) is 276 Å². The Morgan fingerprint density at radius 2 is 0.913 bits per heavy atom. The van der Waals surface area contributed by atoms with Gasteiger partial charge in [0.1, 0.15) is 18.8 Å². The molecule has 0 aromatic rings. The maximum atomic E-state index is 13.0. The van der Waals surface area contributed by atoms with Gasteiger partial charge in [-0.15, -0.1) is 0 Å². The fourth-order valence-electron chi connectivity index (χ4n) is 8.21. The topological polar surface area (TPSA) is 175 Å². The number of aliphatic carboxylic acids is 1. The molecule has 1 saturated heterocycles. The Bertz CT molecular complexity index is 1390. The van der Waals surface area contributed by atoms with Crippen LogP contribution in [0.2, 0.25) is 0 Å². The van der Waals surface area contributed by atoms with Gasteiger partial charge < -0.3 is 39.0 Å². The molecule has 3 N–H and O–H groups in total. The SMILES string of the molecule is CC/C=C\C/C=C\C/C=C\C/C=C\CCC(=O)OC1C(OCC(COC(=O)CCCCCCCCCCCCCCCCCCC)OC(=O)CCCCCCCCCCC)OC(C(=O)O)C(O)C1O. The number of rotatable bonds is 46. The zero-order valence-corrected chi connectivity index (χ0v) is 43.6. The molecule has 12 nitrogen and oxygen atoms in total. The van der Waals surface area contributed by atoms with Gasteiger partial charge in [-0.2, -0.15) is 0 Å². The Morgan fingerprint density at radius 1 is 0.493 bits per heavy atom. The molecular formula is C57H98O12. The number of esters is 3. The highest BCUT2D eigenvalue weighted by Crippen LogP contribution is 2.26. The number of aliphatic hydroxyl groups excluding tert-OH is 2. The first-order chi connectivity index (χ1) is 33.6. The Hall–Kier alpha value is -3.32. The van der Waals surface area contributed by atoms with Crippen molar-refractivity contribution < 1.29 is 58.2 Å². The molecule has 0 amide bonds. The van der Waals surface area contributed by atoms with Gasteiger partial charge in [0.05, 0.1) is 6.61 Å². The molecule has 69 heavy (non-hydrogen) atoms. The van der Waals surface area contributed by atoms with Gasteiger partial charge in [-0.3, -0.25) is 14.4 Å². The van der Waals surface area contributed by atoms with E-state index in [-0.39, 0.29) is 25.9 Å². The largest absolute Gasteiger partial charge is 0.479 e. The molecule has 1 fully saturated rings. The van der Waals surface area contributed by atoms with Crippen molar-refractivity contribution in [1.82, 2.24) is 0 Å². The summed E-state index contributed by atoms with van der Waals surface area (Å²) in [6, 6.07) is 0. The quantitative estimate of drug-likeness (QED) is 0.0228. The molecule has 0 saturated carbocycles. The normalized spacial score (nSPS) is 19.0. The molecule has 1 aliphatic rings. The van der Waals surface area contributed by atoms with Crippen molar-refractivity contribution in [1.29, 1.82) is 0 Å². The number of carbonyl (C=O) groups excluding carboxylic acids is 3. The molecule has 1 aliphatic heterocycles. The number of ether oxygens (including phenoxy) is 5. The molecule has 0 spiro atoms. The van der Waals surface area contributed by atoms with Crippen LogP contribution in [0.4, 0.5) is 0 Å². The highest BCUT2D eigenvalue weighted by atomic mass is 16.7. The van der Waals surface area contributed by atoms with Gasteiger partial charge in [0.2, 0.25) is 0 Å². The molecule has 0 aromatic heterocycles. The van der Waals surface area contributed by atoms with Crippen LogP contribution in [0.5, 0.6) is 0 Å². The van der Waals surface area contributed by atoms with E-state index in [1.54, 1.807) is 0 Å². The van der Waals surface area contributed by atoms with Gasteiger partial charge in [0, 0.05) is 19.3 Å². The number of carbonyl (C=O) groups is 4. The molecule has 1 heterocycles. The Morgan fingerprint density at radius 3 is 1.36 bits per heavy atom. The fraction of sp³-hybridized carbons (Fsp3) is 0.789. The summed E-state index contributed by atoms with van der Waals surface area (Å²) in [6.45, 7) is 5.82. The lowest BCUT2D eigenvalue weighted by molar-refractivity contribution is -0.301. The number of allylic oxidation sites excluding steroid dienone is 8. The van der Waals surface area contributed by atoms with Crippen molar-refractivity contribution >= 4 is 23.9 Å². The lowest BCUT2D eigenvalue weighted by Crippen LogP contribution is -2.61. The van der Waals surface area contributed by atoms with Crippen molar-refractivity contribution in [2.75, 3.05) is 13.2 Å². The summed E-state index contributed by atoms with van der Waals surface area (Å²) in [5.74, 6) is -3.21. The van der Waals surface area contributed by atoms with E-state index in [1.807, 2.05) is 18.2 Å². The smallest absolute Gasteiger partial charge is 0.335 e. The molecule has 0 aliphatic carbocycles. The summed E-state index contributed by atoms with van der Waals surface area (Å²) in [5, 5.41) is 31.3. The van der Waals surface area contributed by atoms with Crippen LogP contribution in [0.25, 0.3) is 0 Å². The summed E-state index contributed by atoms with van der Waals surface area (Å²) in [6.07, 6.45) is 41.3. The second kappa shape index (κ2) is 45.8. The van der Waals surface area contributed by atoms with Crippen LogP contribution in [-0.2, 0) is 42.9 Å². The molecule has 0 aromatic carbocycles. The fourth-order valence-corrected chi connectivity index (χ4v) is 8.21. The predicted octanol–water partition coefficient (Wildman–Crippen LogP) is 13.4. The lowest BCUT2D eigenvalue weighted by Gasteiger charge is -2.40. The third kappa shape index (κ3) is 36.3. The van der Waals surface area contributed by atoms with Crippen LogP contribution in [0.3, 0.4) is 0 Å². The van der Waals surface area contributed by atoms with E-state index < -0.39 is 67.3 Å². The first-order valence-electron chi connectivity index (χ1n) is 27.6. The van der Waals surface area contributed by atoms with Gasteiger partial charge >= 0.3 is 23.9 Å². The standard InChI is InChI=1S/C57H98O12/c1-4-7-10-13-16-19-21-23-24-25-26-28-29-32-34-37-40-43-49(58)65-46-48(67-50(59)44-41-38-35-31-18-15-12-9-6-3)47-66-57-55(53(62)52(61)54(69-57)56(63)64)68-51(60)45-42-39-36-33-30-27-22-20-17-14-11-8-5-2/h8,11,17,20,27,30,36,39,48,52-55,57,61-62H,4-7,9-10,12-16,18-19,21-26,28-29,31-35,37-38,40-47H2,1-3H3,(H,63,64)/b11-8-,20-17-,30-27-,39-36-. The number of carboxylic acid groups (broad SMARTS) is 1. The van der Waals surface area contributed by atoms with Gasteiger partial charge in [0.15, 0.2) is 24.6 Å². The molecular weight excluding hydrogens is 877 g/mol. The van der Waals surface area contributed by atoms with Crippen LogP contribution in [0.1, 0.15) is 239 Å². The summed E-state index contributed by atoms with van der Waals surface area (Å²) >= 11 is 0. The highest BCUT2D eigenvalue weighted by Gasteiger charge is 2.50. The van der Waals surface area contributed by atoms with Gasteiger partial charge in [0.25, 0.3) is 0 Å². The molecule has 1 rings (SSSR count). The van der Waals surface area contributed by atoms with E-state index in [1.165, 1.54) is 116 Å². The Balaban J connectivity index is 2.69. The molecule has 12 heteroatoms. The molecule has 0 bridgehead atoms. The number of hydrogen-bond acceptors (Lipinski definition) is 11.